The number of imidazole rings is 2. The predicted octanol–water partition coefficient (Wildman–Crippen LogP) is 8.59. The monoisotopic (exact) mass is 1040 g/mol. The van der Waals surface area contributed by atoms with Crippen LogP contribution in [0.2, 0.25) is 5.02 Å². The number of anilines is 1. The summed E-state index contributed by atoms with van der Waals surface area (Å²) >= 11 is 6.47. The first-order valence-corrected chi connectivity index (χ1v) is 28.5. The number of aromatic nitrogens is 6. The minimum absolute atomic E-state index is 0.0341. The second kappa shape index (κ2) is 19.2. The molecule has 2 atom stereocenters. The van der Waals surface area contributed by atoms with Gasteiger partial charge < -0.3 is 28.4 Å². The third-order valence-corrected chi connectivity index (χ3v) is 17.9. The number of carbonyl (C=O) groups is 2. The van der Waals surface area contributed by atoms with E-state index in [-0.39, 0.29) is 36.0 Å². The van der Waals surface area contributed by atoms with Crippen molar-refractivity contribution in [1.82, 2.24) is 43.3 Å². The summed E-state index contributed by atoms with van der Waals surface area (Å²) in [6.45, 7) is 11.4. The molecule has 4 fully saturated rings. The Hall–Kier alpha value is -5.93. The minimum Gasteiger partial charge on any atom is -0.361 e. The number of benzene rings is 3. The van der Waals surface area contributed by atoms with Crippen LogP contribution in [0.4, 0.5) is 5.69 Å². The van der Waals surface area contributed by atoms with Gasteiger partial charge in [-0.2, -0.15) is 0 Å². The first kappa shape index (κ1) is 49.6. The van der Waals surface area contributed by atoms with E-state index in [0.29, 0.717) is 82.6 Å². The van der Waals surface area contributed by atoms with Crippen LogP contribution >= 0.6 is 11.6 Å². The van der Waals surface area contributed by atoms with Crippen LogP contribution in [0.5, 0.6) is 0 Å². The zero-order chi connectivity index (χ0) is 51.0. The van der Waals surface area contributed by atoms with Gasteiger partial charge in [0.1, 0.15) is 23.2 Å². The molecule has 21 heteroatoms. The Labute approximate surface area is 423 Å². The maximum atomic E-state index is 13.3. The molecule has 11 rings (SSSR count). The molecule has 0 aliphatic carbocycles. The molecular weight excluding hydrogens is 980 g/mol. The number of hydrogen-bond donors (Lipinski definition) is 1. The van der Waals surface area contributed by atoms with Crippen molar-refractivity contribution in [3.05, 3.63) is 99.7 Å². The van der Waals surface area contributed by atoms with E-state index >= 15 is 0 Å². The molecule has 0 bridgehead atoms. The molecule has 8 heterocycles. The molecule has 380 valence electrons. The highest BCUT2D eigenvalue weighted by atomic mass is 35.5. The van der Waals surface area contributed by atoms with Crippen LogP contribution < -0.4 is 10.2 Å². The predicted molar refractivity (Wildman–Crippen MR) is 275 cm³/mol. The summed E-state index contributed by atoms with van der Waals surface area (Å²) in [7, 11) is -6.45. The summed E-state index contributed by atoms with van der Waals surface area (Å²) in [5.41, 5.74) is 10.9. The fourth-order valence-electron chi connectivity index (χ4n) is 11.2. The average molecular weight is 1040 g/mol. The van der Waals surface area contributed by atoms with E-state index in [2.05, 4.69) is 55.1 Å². The van der Waals surface area contributed by atoms with Gasteiger partial charge in [0.2, 0.25) is 31.9 Å². The smallest absolute Gasteiger partial charge is 0.227 e. The van der Waals surface area contributed by atoms with Crippen molar-refractivity contribution in [3.63, 3.8) is 0 Å². The van der Waals surface area contributed by atoms with E-state index in [4.69, 9.17) is 30.6 Å². The van der Waals surface area contributed by atoms with E-state index < -0.39 is 20.0 Å². The van der Waals surface area contributed by atoms with Crippen LogP contribution in [0.15, 0.2) is 63.6 Å². The quantitative estimate of drug-likeness (QED) is 0.144. The van der Waals surface area contributed by atoms with E-state index in [0.717, 1.165) is 90.1 Å². The lowest BCUT2D eigenvalue weighted by molar-refractivity contribution is -0.119. The van der Waals surface area contributed by atoms with Crippen molar-refractivity contribution in [3.8, 4) is 22.3 Å². The van der Waals surface area contributed by atoms with Crippen LogP contribution in [0, 0.1) is 34.6 Å². The van der Waals surface area contributed by atoms with E-state index in [1.54, 1.807) is 0 Å². The van der Waals surface area contributed by atoms with Crippen LogP contribution in [-0.4, -0.2) is 105 Å². The summed E-state index contributed by atoms with van der Waals surface area (Å²) in [4.78, 5) is 37.1. The van der Waals surface area contributed by atoms with Gasteiger partial charge in [-0.05, 0) is 126 Å². The number of piperidine rings is 2. The maximum absolute atomic E-state index is 13.3. The first-order chi connectivity index (χ1) is 34.2. The molecule has 4 saturated heterocycles. The number of amides is 2. The van der Waals surface area contributed by atoms with Gasteiger partial charge in [0, 0.05) is 72.9 Å². The average Bonchev–Trinajstić information content (AvgIpc) is 4.21. The Balaban J connectivity index is 0.000000170. The van der Waals surface area contributed by atoms with Gasteiger partial charge in [0.25, 0.3) is 0 Å². The van der Waals surface area contributed by atoms with Crippen LogP contribution in [0.25, 0.3) is 44.3 Å². The van der Waals surface area contributed by atoms with Crippen molar-refractivity contribution >= 4 is 71.2 Å². The zero-order valence-electron chi connectivity index (χ0n) is 41.5. The third-order valence-electron chi connectivity index (χ3n) is 14.8. The van der Waals surface area contributed by atoms with Gasteiger partial charge in [-0.25, -0.2) is 35.4 Å². The van der Waals surface area contributed by atoms with Gasteiger partial charge in [0.05, 0.1) is 58.0 Å². The second-order valence-electron chi connectivity index (χ2n) is 19.7. The van der Waals surface area contributed by atoms with Gasteiger partial charge in [-0.3, -0.25) is 9.59 Å². The zero-order valence-corrected chi connectivity index (χ0v) is 43.9. The standard InChI is InChI=1S/C29H32ClN5O4S.C22H27N5O4S/c1-17-5-7-22(16-23(17)30)34-26(9-10-27(34)36)29-31-24-15-20(28-18(2)32-39-19(28)3)6-8-25(24)35(29)21-11-13-33(14-12-21)40(4,37)38;1-13-21(14(2)31-25-13)15-4-6-19-18(12-15)24-22(17-5-7-20(28)23-17)27(19)16-8-10-26(11-9-16)32(3,29)30/h5-8,15-16,21,26H,9-14H2,1-4H3;4,6,12,16-17H,5,7-11H2,1-3H3,(H,23,28)/t26-;17-/m00/s1. The largest absolute Gasteiger partial charge is 0.361 e. The lowest BCUT2D eigenvalue weighted by Crippen LogP contribution is -2.39. The van der Waals surface area contributed by atoms with Gasteiger partial charge in [-0.15, -0.1) is 0 Å². The Kier molecular flexibility index (Phi) is 13.2. The number of hydrogen-bond acceptors (Lipinski definition) is 12. The Bertz CT molecular complexity index is 3450. The molecule has 0 saturated carbocycles. The third kappa shape index (κ3) is 9.35. The molecule has 1 N–H and O–H groups in total. The molecule has 18 nitrogen and oxygen atoms in total. The molecule has 4 aliphatic heterocycles. The van der Waals surface area contributed by atoms with E-state index in [9.17, 15) is 26.4 Å². The van der Waals surface area contributed by atoms with Crippen molar-refractivity contribution in [1.29, 1.82) is 0 Å². The number of nitrogens with one attached hydrogen (secondary N) is 1. The first-order valence-electron chi connectivity index (χ1n) is 24.4. The topological polar surface area (TPSA) is 212 Å². The molecular formula is C51H59ClN10O8S2. The normalized spacial score (nSPS) is 20.0. The molecule has 4 aliphatic rings. The highest BCUT2D eigenvalue weighted by molar-refractivity contribution is 7.88. The number of carbonyl (C=O) groups excluding carboxylic acids is 2. The van der Waals surface area contributed by atoms with Gasteiger partial charge in [0.15, 0.2) is 0 Å². The number of aryl methyl sites for hydroxylation is 5. The molecule has 0 spiro atoms. The summed E-state index contributed by atoms with van der Waals surface area (Å²) in [6, 6.07) is 17.8. The highest BCUT2D eigenvalue weighted by Gasteiger charge is 2.39. The molecule has 72 heavy (non-hydrogen) atoms. The van der Waals surface area contributed by atoms with Crippen LogP contribution in [0.3, 0.4) is 0 Å². The lowest BCUT2D eigenvalue weighted by atomic mass is 10.0. The lowest BCUT2D eigenvalue weighted by Gasteiger charge is -2.34. The van der Waals surface area contributed by atoms with Crippen molar-refractivity contribution in [2.75, 3.05) is 43.6 Å². The summed E-state index contributed by atoms with van der Waals surface area (Å²) in [5.74, 6) is 3.24. The second-order valence-corrected chi connectivity index (χ2v) is 24.1. The maximum Gasteiger partial charge on any atom is 0.227 e. The number of nitrogens with zero attached hydrogens (tertiary/aromatic N) is 9. The van der Waals surface area contributed by atoms with E-state index in [1.165, 1.54) is 21.1 Å². The highest BCUT2D eigenvalue weighted by Crippen LogP contribution is 2.43. The minimum atomic E-state index is -3.26. The number of halogens is 1. The number of sulfonamides is 2. The fourth-order valence-corrected chi connectivity index (χ4v) is 13.2. The molecule has 7 aromatic rings. The summed E-state index contributed by atoms with van der Waals surface area (Å²) in [6.07, 6.45) is 7.50. The fraction of sp³-hybridized carbons (Fsp3) is 0.451. The molecule has 3 aromatic carbocycles. The Morgan fingerprint density at radius 1 is 0.625 bits per heavy atom. The molecule has 2 amide bonds. The van der Waals surface area contributed by atoms with E-state index in [1.807, 2.05) is 63.8 Å². The Morgan fingerprint density at radius 3 is 1.57 bits per heavy atom. The summed E-state index contributed by atoms with van der Waals surface area (Å²) in [5, 5.41) is 11.8. The van der Waals surface area contributed by atoms with Gasteiger partial charge in [-0.1, -0.05) is 40.1 Å². The van der Waals surface area contributed by atoms with Crippen molar-refractivity contribution in [2.45, 2.75) is 110 Å². The molecule has 0 unspecified atom stereocenters. The number of fused-ring (bicyclic) bond motifs is 2. The van der Waals surface area contributed by atoms with Crippen LogP contribution in [-0.2, 0) is 29.6 Å². The Morgan fingerprint density at radius 2 is 1.12 bits per heavy atom. The molecule has 0 radical (unpaired) electrons. The van der Waals surface area contributed by atoms with Crippen molar-refractivity contribution in [2.24, 2.45) is 0 Å². The number of rotatable bonds is 9. The SMILES string of the molecule is Cc1ccc(N2C(=O)CC[C@H]2c2nc3cc(-c4c(C)noc4C)ccc3n2C2CCN(S(C)(=O)=O)CC2)cc1Cl.Cc1noc(C)c1-c1ccc2c(c1)nc([C@@H]1CCC(=O)N1)n2C1CCN(S(C)(=O)=O)CC1. The van der Waals surface area contributed by atoms with Gasteiger partial charge >= 0.3 is 0 Å². The van der Waals surface area contributed by atoms with Crippen LogP contribution in [0.1, 0.15) is 116 Å². The molecule has 4 aromatic heterocycles. The van der Waals surface area contributed by atoms with Crippen molar-refractivity contribution < 1.29 is 35.5 Å². The summed E-state index contributed by atoms with van der Waals surface area (Å²) < 4.78 is 66.6.